The summed E-state index contributed by atoms with van der Waals surface area (Å²) >= 11 is 0. The van der Waals surface area contributed by atoms with E-state index in [2.05, 4.69) is 14.7 Å². The lowest BCUT2D eigenvalue weighted by atomic mass is 10.0. The molecule has 1 N–H and O–H groups in total. The first-order chi connectivity index (χ1) is 7.70. The third-order valence-electron chi connectivity index (χ3n) is 3.25. The Morgan fingerprint density at radius 2 is 2.19 bits per heavy atom. The van der Waals surface area contributed by atoms with Gasteiger partial charge in [-0.2, -0.15) is 0 Å². The van der Waals surface area contributed by atoms with E-state index in [1.54, 1.807) is 0 Å². The Morgan fingerprint density at radius 1 is 1.50 bits per heavy atom. The van der Waals surface area contributed by atoms with Crippen LogP contribution in [0.4, 0.5) is 0 Å². The number of methoxy groups -OCH3 is 1. The van der Waals surface area contributed by atoms with Crippen molar-refractivity contribution in [3.8, 4) is 0 Å². The van der Waals surface area contributed by atoms with Gasteiger partial charge in [0.15, 0.2) is 0 Å². The topological polar surface area (TPSA) is 55.0 Å². The molecular formula is C12H18N2O2. The van der Waals surface area contributed by atoms with E-state index >= 15 is 0 Å². The van der Waals surface area contributed by atoms with Gasteiger partial charge in [-0.1, -0.05) is 12.8 Å². The molecular weight excluding hydrogens is 204 g/mol. The van der Waals surface area contributed by atoms with E-state index in [9.17, 15) is 4.79 Å². The molecule has 0 saturated heterocycles. The van der Waals surface area contributed by atoms with E-state index in [1.807, 2.05) is 6.92 Å². The van der Waals surface area contributed by atoms with E-state index < -0.39 is 0 Å². The molecule has 0 aliphatic heterocycles. The molecule has 1 aromatic heterocycles. The van der Waals surface area contributed by atoms with Gasteiger partial charge in [0.1, 0.15) is 12.2 Å². The molecule has 0 radical (unpaired) electrons. The van der Waals surface area contributed by atoms with E-state index in [4.69, 9.17) is 0 Å². The van der Waals surface area contributed by atoms with Crippen molar-refractivity contribution >= 4 is 5.97 Å². The zero-order valence-corrected chi connectivity index (χ0v) is 9.88. The first-order valence-corrected chi connectivity index (χ1v) is 5.83. The Morgan fingerprint density at radius 3 is 2.81 bits per heavy atom. The van der Waals surface area contributed by atoms with Crippen molar-refractivity contribution in [3.05, 3.63) is 17.2 Å². The largest absolute Gasteiger partial charge is 0.469 e. The molecule has 1 heterocycles. The van der Waals surface area contributed by atoms with Crippen molar-refractivity contribution in [3.63, 3.8) is 0 Å². The number of rotatable bonds is 3. The number of carbonyl (C=O) groups is 1. The van der Waals surface area contributed by atoms with Crippen molar-refractivity contribution in [2.45, 2.75) is 44.9 Å². The molecule has 4 heteroatoms. The van der Waals surface area contributed by atoms with Gasteiger partial charge in [0.05, 0.1) is 12.8 Å². The smallest absolute Gasteiger partial charge is 0.313 e. The van der Waals surface area contributed by atoms with Gasteiger partial charge in [-0.25, -0.2) is 4.98 Å². The predicted molar refractivity (Wildman–Crippen MR) is 60.3 cm³/mol. The number of H-pyrrole nitrogens is 1. The molecule has 0 amide bonds. The van der Waals surface area contributed by atoms with Gasteiger partial charge < -0.3 is 9.72 Å². The maximum absolute atomic E-state index is 11.1. The lowest BCUT2D eigenvalue weighted by Gasteiger charge is -2.05. The van der Waals surface area contributed by atoms with E-state index in [0.29, 0.717) is 5.92 Å². The average Bonchev–Trinajstić information content (AvgIpc) is 2.87. The number of hydrogen-bond acceptors (Lipinski definition) is 3. The number of aryl methyl sites for hydroxylation is 1. The first-order valence-electron chi connectivity index (χ1n) is 5.83. The highest BCUT2D eigenvalue weighted by atomic mass is 16.5. The summed E-state index contributed by atoms with van der Waals surface area (Å²) in [6.07, 6.45) is 5.28. The van der Waals surface area contributed by atoms with Gasteiger partial charge in [-0.15, -0.1) is 0 Å². The van der Waals surface area contributed by atoms with Crippen LogP contribution in [0.3, 0.4) is 0 Å². The fraction of sp³-hybridized carbons (Fsp3) is 0.667. The fourth-order valence-corrected chi connectivity index (χ4v) is 2.43. The third kappa shape index (κ3) is 2.26. The Labute approximate surface area is 95.4 Å². The lowest BCUT2D eigenvalue weighted by Crippen LogP contribution is -2.06. The standard InChI is InChI=1S/C12H18N2O2/c1-8-12(9-5-3-4-6-9)14-10(13-8)7-11(15)16-2/h9H,3-7H2,1-2H3,(H,13,14). The van der Waals surface area contributed by atoms with Crippen molar-refractivity contribution in [1.29, 1.82) is 0 Å². The highest BCUT2D eigenvalue weighted by molar-refractivity contribution is 5.71. The summed E-state index contributed by atoms with van der Waals surface area (Å²) in [5.74, 6) is 1.07. The van der Waals surface area contributed by atoms with Crippen LogP contribution in [0.1, 0.15) is 48.8 Å². The highest BCUT2D eigenvalue weighted by Crippen LogP contribution is 2.34. The minimum Gasteiger partial charge on any atom is -0.469 e. The molecule has 4 nitrogen and oxygen atoms in total. The fourth-order valence-electron chi connectivity index (χ4n) is 2.43. The summed E-state index contributed by atoms with van der Waals surface area (Å²) in [6.45, 7) is 2.03. The van der Waals surface area contributed by atoms with Crippen molar-refractivity contribution in [2.75, 3.05) is 7.11 Å². The second-order valence-electron chi connectivity index (χ2n) is 4.43. The van der Waals surface area contributed by atoms with Crippen LogP contribution in [0.2, 0.25) is 0 Å². The van der Waals surface area contributed by atoms with Crippen LogP contribution in [0, 0.1) is 6.92 Å². The van der Waals surface area contributed by atoms with E-state index in [-0.39, 0.29) is 12.4 Å². The van der Waals surface area contributed by atoms with Crippen LogP contribution < -0.4 is 0 Å². The number of ether oxygens (including phenoxy) is 1. The first kappa shape index (κ1) is 11.2. The molecule has 88 valence electrons. The van der Waals surface area contributed by atoms with Crippen LogP contribution in [-0.4, -0.2) is 23.0 Å². The number of aromatic amines is 1. The zero-order valence-electron chi connectivity index (χ0n) is 9.88. The molecule has 1 fully saturated rings. The SMILES string of the molecule is COC(=O)Cc1nc(C2CCCC2)c(C)[nH]1. The minimum atomic E-state index is -0.244. The van der Waals surface area contributed by atoms with Crippen molar-refractivity contribution < 1.29 is 9.53 Å². The van der Waals surface area contributed by atoms with Crippen LogP contribution in [0.15, 0.2) is 0 Å². The van der Waals surface area contributed by atoms with Crippen molar-refractivity contribution in [2.24, 2.45) is 0 Å². The van der Waals surface area contributed by atoms with Gasteiger partial charge in [0.2, 0.25) is 0 Å². The zero-order chi connectivity index (χ0) is 11.5. The molecule has 16 heavy (non-hydrogen) atoms. The minimum absolute atomic E-state index is 0.240. The number of carbonyl (C=O) groups excluding carboxylic acids is 1. The number of esters is 1. The van der Waals surface area contributed by atoms with Gasteiger partial charge in [-0.05, 0) is 19.8 Å². The normalized spacial score (nSPS) is 16.6. The molecule has 0 bridgehead atoms. The molecule has 1 aromatic rings. The van der Waals surface area contributed by atoms with E-state index in [1.165, 1.54) is 32.8 Å². The maximum Gasteiger partial charge on any atom is 0.313 e. The second kappa shape index (κ2) is 4.68. The molecule has 2 rings (SSSR count). The van der Waals surface area contributed by atoms with Gasteiger partial charge in [0, 0.05) is 11.6 Å². The van der Waals surface area contributed by atoms with Gasteiger partial charge >= 0.3 is 5.97 Å². The predicted octanol–water partition coefficient (Wildman–Crippen LogP) is 2.09. The number of nitrogens with zero attached hydrogens (tertiary/aromatic N) is 1. The Hall–Kier alpha value is -1.32. The Kier molecular flexibility index (Phi) is 3.27. The van der Waals surface area contributed by atoms with Crippen molar-refractivity contribution in [1.82, 2.24) is 9.97 Å². The summed E-state index contributed by atoms with van der Waals surface area (Å²) in [7, 11) is 1.40. The molecule has 1 aliphatic rings. The van der Waals surface area contributed by atoms with Crippen LogP contribution in [0.5, 0.6) is 0 Å². The summed E-state index contributed by atoms with van der Waals surface area (Å²) in [6, 6.07) is 0. The molecule has 0 aromatic carbocycles. The van der Waals surface area contributed by atoms with Crippen LogP contribution in [0.25, 0.3) is 0 Å². The van der Waals surface area contributed by atoms with Gasteiger partial charge in [0.25, 0.3) is 0 Å². The lowest BCUT2D eigenvalue weighted by molar-refractivity contribution is -0.139. The Bertz CT molecular complexity index is 378. The number of aromatic nitrogens is 2. The summed E-state index contributed by atoms with van der Waals surface area (Å²) in [5, 5.41) is 0. The van der Waals surface area contributed by atoms with Gasteiger partial charge in [-0.3, -0.25) is 4.79 Å². The molecule has 1 saturated carbocycles. The molecule has 1 aliphatic carbocycles. The number of hydrogen-bond donors (Lipinski definition) is 1. The Balaban J connectivity index is 2.11. The monoisotopic (exact) mass is 222 g/mol. The number of imidazole rings is 1. The van der Waals surface area contributed by atoms with E-state index in [0.717, 1.165) is 17.2 Å². The third-order valence-corrected chi connectivity index (χ3v) is 3.25. The molecule has 0 atom stereocenters. The summed E-state index contributed by atoms with van der Waals surface area (Å²) in [5.41, 5.74) is 2.25. The molecule has 0 spiro atoms. The second-order valence-corrected chi connectivity index (χ2v) is 4.43. The van der Waals surface area contributed by atoms with Crippen LogP contribution in [-0.2, 0) is 16.0 Å². The summed E-state index contributed by atoms with van der Waals surface area (Å²) in [4.78, 5) is 18.8. The molecule has 0 unspecified atom stereocenters. The average molecular weight is 222 g/mol. The number of nitrogens with one attached hydrogen (secondary N) is 1. The summed E-state index contributed by atoms with van der Waals surface area (Å²) < 4.78 is 4.63. The highest BCUT2D eigenvalue weighted by Gasteiger charge is 2.22. The van der Waals surface area contributed by atoms with Crippen LogP contribution >= 0.6 is 0 Å². The quantitative estimate of drug-likeness (QED) is 0.797. The maximum atomic E-state index is 11.1.